The molecular formula is C9H17NO2. The van der Waals surface area contributed by atoms with Crippen LogP contribution in [0.5, 0.6) is 0 Å². The number of hydrogen-bond donors (Lipinski definition) is 1. The number of ether oxygens (including phenoxy) is 1. The summed E-state index contributed by atoms with van der Waals surface area (Å²) in [7, 11) is 0. The molecule has 0 unspecified atom stereocenters. The first-order valence-corrected chi connectivity index (χ1v) is 4.54. The summed E-state index contributed by atoms with van der Waals surface area (Å²) in [5, 5.41) is 0. The minimum Gasteiger partial charge on any atom is -0.466 e. The van der Waals surface area contributed by atoms with Crippen LogP contribution in [0.15, 0.2) is 0 Å². The quantitative estimate of drug-likeness (QED) is 0.632. The molecule has 0 spiro atoms. The Morgan fingerprint density at radius 3 is 2.83 bits per heavy atom. The van der Waals surface area contributed by atoms with Crippen molar-refractivity contribution in [3.8, 4) is 0 Å². The van der Waals surface area contributed by atoms with Crippen molar-refractivity contribution in [1.29, 1.82) is 0 Å². The average molecular weight is 171 g/mol. The van der Waals surface area contributed by atoms with E-state index in [0.29, 0.717) is 6.61 Å². The molecule has 2 atom stereocenters. The van der Waals surface area contributed by atoms with E-state index in [1.165, 1.54) is 0 Å². The zero-order valence-electron chi connectivity index (χ0n) is 7.80. The van der Waals surface area contributed by atoms with Crippen LogP contribution in [0.1, 0.15) is 33.1 Å². The van der Waals surface area contributed by atoms with Gasteiger partial charge in [-0.1, -0.05) is 6.42 Å². The van der Waals surface area contributed by atoms with E-state index in [4.69, 9.17) is 10.5 Å². The van der Waals surface area contributed by atoms with Crippen molar-refractivity contribution >= 4 is 5.97 Å². The van der Waals surface area contributed by atoms with Crippen molar-refractivity contribution in [2.75, 3.05) is 6.61 Å². The lowest BCUT2D eigenvalue weighted by atomic mass is 9.85. The maximum atomic E-state index is 11.5. The van der Waals surface area contributed by atoms with E-state index in [1.807, 2.05) is 13.8 Å². The molecule has 70 valence electrons. The Kier molecular flexibility index (Phi) is 2.73. The van der Waals surface area contributed by atoms with Gasteiger partial charge in [-0.05, 0) is 26.7 Å². The van der Waals surface area contributed by atoms with Crippen LogP contribution in [0.4, 0.5) is 0 Å². The van der Waals surface area contributed by atoms with Crippen molar-refractivity contribution in [2.24, 2.45) is 11.1 Å². The average Bonchev–Trinajstić information content (AvgIpc) is 2.34. The SMILES string of the molecule is CCOC(=O)[C@]1(C)CCC[C@@H]1N. The van der Waals surface area contributed by atoms with Crippen molar-refractivity contribution in [2.45, 2.75) is 39.2 Å². The molecular weight excluding hydrogens is 154 g/mol. The van der Waals surface area contributed by atoms with Crippen LogP contribution in [0.3, 0.4) is 0 Å². The van der Waals surface area contributed by atoms with Crippen LogP contribution in [-0.4, -0.2) is 18.6 Å². The molecule has 1 aliphatic rings. The highest BCUT2D eigenvalue weighted by Crippen LogP contribution is 2.37. The first-order chi connectivity index (χ1) is 5.61. The Balaban J connectivity index is 2.63. The highest BCUT2D eigenvalue weighted by molar-refractivity contribution is 5.77. The third kappa shape index (κ3) is 1.46. The van der Waals surface area contributed by atoms with Gasteiger partial charge in [0, 0.05) is 6.04 Å². The third-order valence-electron chi connectivity index (χ3n) is 2.77. The van der Waals surface area contributed by atoms with E-state index >= 15 is 0 Å². The second kappa shape index (κ2) is 3.44. The number of esters is 1. The lowest BCUT2D eigenvalue weighted by Crippen LogP contribution is -2.42. The monoisotopic (exact) mass is 171 g/mol. The maximum Gasteiger partial charge on any atom is 0.313 e. The molecule has 2 N–H and O–H groups in total. The second-order valence-electron chi connectivity index (χ2n) is 3.64. The number of nitrogens with two attached hydrogens (primary N) is 1. The van der Waals surface area contributed by atoms with Crippen LogP contribution in [0.25, 0.3) is 0 Å². The first-order valence-electron chi connectivity index (χ1n) is 4.54. The van der Waals surface area contributed by atoms with E-state index in [2.05, 4.69) is 0 Å². The number of rotatable bonds is 2. The summed E-state index contributed by atoms with van der Waals surface area (Å²) in [6, 6.07) is -0.0171. The molecule has 0 radical (unpaired) electrons. The second-order valence-corrected chi connectivity index (χ2v) is 3.64. The Hall–Kier alpha value is -0.570. The van der Waals surface area contributed by atoms with Crippen molar-refractivity contribution in [3.05, 3.63) is 0 Å². The Morgan fingerprint density at radius 1 is 1.75 bits per heavy atom. The summed E-state index contributed by atoms with van der Waals surface area (Å²) in [5.74, 6) is -0.130. The van der Waals surface area contributed by atoms with Crippen molar-refractivity contribution < 1.29 is 9.53 Å². The molecule has 0 aromatic heterocycles. The molecule has 1 fully saturated rings. The summed E-state index contributed by atoms with van der Waals surface area (Å²) in [4.78, 5) is 11.5. The summed E-state index contributed by atoms with van der Waals surface area (Å²) >= 11 is 0. The molecule has 0 aromatic carbocycles. The van der Waals surface area contributed by atoms with E-state index in [-0.39, 0.29) is 12.0 Å². The largest absolute Gasteiger partial charge is 0.466 e. The number of carbonyl (C=O) groups is 1. The molecule has 3 nitrogen and oxygen atoms in total. The highest BCUT2D eigenvalue weighted by atomic mass is 16.5. The predicted octanol–water partition coefficient (Wildman–Crippen LogP) is 1.07. The van der Waals surface area contributed by atoms with E-state index in [0.717, 1.165) is 19.3 Å². The number of carbonyl (C=O) groups excluding carboxylic acids is 1. The molecule has 0 aliphatic heterocycles. The van der Waals surface area contributed by atoms with Crippen LogP contribution in [0.2, 0.25) is 0 Å². The Bertz CT molecular complexity index is 181. The molecule has 1 rings (SSSR count). The molecule has 0 amide bonds. The van der Waals surface area contributed by atoms with Crippen LogP contribution >= 0.6 is 0 Å². The van der Waals surface area contributed by atoms with Gasteiger partial charge < -0.3 is 10.5 Å². The molecule has 1 aliphatic carbocycles. The first kappa shape index (κ1) is 9.52. The molecule has 3 heteroatoms. The van der Waals surface area contributed by atoms with Crippen LogP contribution in [-0.2, 0) is 9.53 Å². The Labute approximate surface area is 73.3 Å². The summed E-state index contributed by atoms with van der Waals surface area (Å²) in [6.45, 7) is 4.17. The molecule has 1 saturated carbocycles. The van der Waals surface area contributed by atoms with Crippen molar-refractivity contribution in [3.63, 3.8) is 0 Å². The summed E-state index contributed by atoms with van der Waals surface area (Å²) < 4.78 is 4.98. The van der Waals surface area contributed by atoms with E-state index < -0.39 is 5.41 Å². The molecule has 12 heavy (non-hydrogen) atoms. The summed E-state index contributed by atoms with van der Waals surface area (Å²) in [6.07, 6.45) is 2.85. The standard InChI is InChI=1S/C9H17NO2/c1-3-12-8(11)9(2)6-4-5-7(9)10/h7H,3-6,10H2,1-2H3/t7-,9+/m0/s1. The van der Waals surface area contributed by atoms with Gasteiger partial charge in [-0.3, -0.25) is 4.79 Å². The van der Waals surface area contributed by atoms with Gasteiger partial charge in [0.2, 0.25) is 0 Å². The van der Waals surface area contributed by atoms with E-state index in [9.17, 15) is 4.79 Å². The lowest BCUT2D eigenvalue weighted by molar-refractivity contribution is -0.154. The number of hydrogen-bond acceptors (Lipinski definition) is 3. The zero-order chi connectivity index (χ0) is 9.19. The smallest absolute Gasteiger partial charge is 0.313 e. The van der Waals surface area contributed by atoms with Gasteiger partial charge >= 0.3 is 5.97 Å². The minimum atomic E-state index is -0.421. The van der Waals surface area contributed by atoms with Gasteiger partial charge in [-0.15, -0.1) is 0 Å². The molecule has 0 aromatic rings. The van der Waals surface area contributed by atoms with Crippen molar-refractivity contribution in [1.82, 2.24) is 0 Å². The highest BCUT2D eigenvalue weighted by Gasteiger charge is 2.44. The van der Waals surface area contributed by atoms with Crippen LogP contribution < -0.4 is 5.73 Å². The summed E-state index contributed by atoms with van der Waals surface area (Å²) in [5.41, 5.74) is 5.42. The topological polar surface area (TPSA) is 52.3 Å². The molecule has 0 heterocycles. The van der Waals surface area contributed by atoms with Crippen LogP contribution in [0, 0.1) is 5.41 Å². The fourth-order valence-corrected chi connectivity index (χ4v) is 1.74. The Morgan fingerprint density at radius 2 is 2.42 bits per heavy atom. The van der Waals surface area contributed by atoms with E-state index in [1.54, 1.807) is 0 Å². The predicted molar refractivity (Wildman–Crippen MR) is 46.6 cm³/mol. The molecule has 0 bridgehead atoms. The van der Waals surface area contributed by atoms with Gasteiger partial charge in [0.05, 0.1) is 12.0 Å². The third-order valence-corrected chi connectivity index (χ3v) is 2.77. The lowest BCUT2D eigenvalue weighted by Gasteiger charge is -2.25. The fraction of sp³-hybridized carbons (Fsp3) is 0.889. The minimum absolute atomic E-state index is 0.0171. The van der Waals surface area contributed by atoms with Gasteiger partial charge in [-0.25, -0.2) is 0 Å². The van der Waals surface area contributed by atoms with Gasteiger partial charge in [-0.2, -0.15) is 0 Å². The fourth-order valence-electron chi connectivity index (χ4n) is 1.74. The van der Waals surface area contributed by atoms with Gasteiger partial charge in [0.15, 0.2) is 0 Å². The normalized spacial score (nSPS) is 35.1. The zero-order valence-corrected chi connectivity index (χ0v) is 7.80. The molecule has 0 saturated heterocycles. The van der Waals surface area contributed by atoms with Gasteiger partial charge in [0.25, 0.3) is 0 Å². The maximum absolute atomic E-state index is 11.5. The van der Waals surface area contributed by atoms with Gasteiger partial charge in [0.1, 0.15) is 0 Å².